The van der Waals surface area contributed by atoms with E-state index in [0.29, 0.717) is 13.0 Å². The second-order valence-corrected chi connectivity index (χ2v) is 5.87. The Kier molecular flexibility index (Phi) is 5.01. The molecule has 0 aromatic heterocycles. The Bertz CT molecular complexity index is 266. The van der Waals surface area contributed by atoms with E-state index in [-0.39, 0.29) is 5.91 Å². The lowest BCUT2D eigenvalue weighted by molar-refractivity contribution is -0.133. The predicted octanol–water partition coefficient (Wildman–Crippen LogP) is 1.06. The summed E-state index contributed by atoms with van der Waals surface area (Å²) in [6.07, 6.45) is 5.94. The van der Waals surface area contributed by atoms with Gasteiger partial charge in [0.1, 0.15) is 0 Å². The fourth-order valence-corrected chi connectivity index (χ4v) is 3.23. The van der Waals surface area contributed by atoms with E-state index in [4.69, 9.17) is 5.73 Å². The maximum atomic E-state index is 11.8. The molecule has 4 heteroatoms. The molecule has 2 N–H and O–H groups in total. The molecular formula is C14H27N3O. The SMILES string of the molecule is CC1CCC(N2CCN(C(=O)CCN)CC2)CC1. The van der Waals surface area contributed by atoms with Crippen molar-refractivity contribution in [3.63, 3.8) is 0 Å². The first-order chi connectivity index (χ1) is 8.70. The molecule has 2 rings (SSSR count). The molecule has 4 nitrogen and oxygen atoms in total. The fourth-order valence-electron chi connectivity index (χ4n) is 3.23. The first-order valence-corrected chi connectivity index (χ1v) is 7.42. The second kappa shape index (κ2) is 6.53. The quantitative estimate of drug-likeness (QED) is 0.818. The van der Waals surface area contributed by atoms with Gasteiger partial charge in [0.15, 0.2) is 0 Å². The lowest BCUT2D eigenvalue weighted by atomic mass is 9.86. The summed E-state index contributed by atoms with van der Waals surface area (Å²) >= 11 is 0. The van der Waals surface area contributed by atoms with Crippen LogP contribution in [-0.4, -0.2) is 54.5 Å². The summed E-state index contributed by atoms with van der Waals surface area (Å²) < 4.78 is 0. The van der Waals surface area contributed by atoms with Gasteiger partial charge in [0.05, 0.1) is 0 Å². The molecule has 1 aliphatic carbocycles. The van der Waals surface area contributed by atoms with Crippen molar-refractivity contribution in [2.75, 3.05) is 32.7 Å². The van der Waals surface area contributed by atoms with Crippen molar-refractivity contribution < 1.29 is 4.79 Å². The van der Waals surface area contributed by atoms with Crippen molar-refractivity contribution in [1.29, 1.82) is 0 Å². The molecule has 18 heavy (non-hydrogen) atoms. The van der Waals surface area contributed by atoms with E-state index in [0.717, 1.165) is 38.1 Å². The zero-order valence-corrected chi connectivity index (χ0v) is 11.6. The Morgan fingerprint density at radius 2 is 1.72 bits per heavy atom. The van der Waals surface area contributed by atoms with Crippen LogP contribution in [0.5, 0.6) is 0 Å². The lowest BCUT2D eigenvalue weighted by Gasteiger charge is -2.41. The zero-order valence-electron chi connectivity index (χ0n) is 11.6. The summed E-state index contributed by atoms with van der Waals surface area (Å²) in [5, 5.41) is 0. The van der Waals surface area contributed by atoms with Gasteiger partial charge in [-0.1, -0.05) is 6.92 Å². The second-order valence-electron chi connectivity index (χ2n) is 5.87. The molecule has 2 aliphatic rings. The summed E-state index contributed by atoms with van der Waals surface area (Å²) in [6.45, 7) is 6.72. The minimum atomic E-state index is 0.231. The van der Waals surface area contributed by atoms with Crippen molar-refractivity contribution in [2.45, 2.75) is 45.1 Å². The molecule has 2 fully saturated rings. The topological polar surface area (TPSA) is 49.6 Å². The number of rotatable bonds is 3. The van der Waals surface area contributed by atoms with Gasteiger partial charge in [-0.25, -0.2) is 0 Å². The third kappa shape index (κ3) is 3.45. The maximum Gasteiger partial charge on any atom is 0.223 e. The number of nitrogens with zero attached hydrogens (tertiary/aromatic N) is 2. The highest BCUT2D eigenvalue weighted by Gasteiger charge is 2.28. The Morgan fingerprint density at radius 3 is 2.28 bits per heavy atom. The third-order valence-electron chi connectivity index (χ3n) is 4.53. The van der Waals surface area contributed by atoms with Crippen molar-refractivity contribution in [3.05, 3.63) is 0 Å². The highest BCUT2D eigenvalue weighted by molar-refractivity contribution is 5.76. The van der Waals surface area contributed by atoms with Gasteiger partial charge >= 0.3 is 0 Å². The normalized spacial score (nSPS) is 30.4. The number of hydrogen-bond acceptors (Lipinski definition) is 3. The highest BCUT2D eigenvalue weighted by atomic mass is 16.2. The molecule has 0 aromatic carbocycles. The number of nitrogens with two attached hydrogens (primary N) is 1. The Labute approximate surface area is 110 Å². The van der Waals surface area contributed by atoms with Crippen LogP contribution in [0.4, 0.5) is 0 Å². The molecule has 0 spiro atoms. The van der Waals surface area contributed by atoms with E-state index in [9.17, 15) is 4.79 Å². The molecule has 0 unspecified atom stereocenters. The standard InChI is InChI=1S/C14H27N3O/c1-12-2-4-13(5-3-12)16-8-10-17(11-9-16)14(18)6-7-15/h12-13H,2-11,15H2,1H3. The first kappa shape index (κ1) is 13.8. The largest absolute Gasteiger partial charge is 0.340 e. The summed E-state index contributed by atoms with van der Waals surface area (Å²) in [4.78, 5) is 16.3. The third-order valence-corrected chi connectivity index (χ3v) is 4.53. The smallest absolute Gasteiger partial charge is 0.223 e. The van der Waals surface area contributed by atoms with Crippen LogP contribution in [0.15, 0.2) is 0 Å². The predicted molar refractivity (Wildman–Crippen MR) is 73.2 cm³/mol. The minimum absolute atomic E-state index is 0.231. The van der Waals surface area contributed by atoms with Gasteiger partial charge in [0, 0.05) is 45.2 Å². The van der Waals surface area contributed by atoms with E-state index in [1.807, 2.05) is 4.90 Å². The number of hydrogen-bond donors (Lipinski definition) is 1. The van der Waals surface area contributed by atoms with Crippen LogP contribution in [0.3, 0.4) is 0 Å². The minimum Gasteiger partial charge on any atom is -0.340 e. The molecule has 1 amide bonds. The first-order valence-electron chi connectivity index (χ1n) is 7.42. The number of carbonyl (C=O) groups excluding carboxylic acids is 1. The Balaban J connectivity index is 1.74. The molecule has 104 valence electrons. The molecule has 1 saturated carbocycles. The van der Waals surface area contributed by atoms with Crippen LogP contribution in [-0.2, 0) is 4.79 Å². The average molecular weight is 253 g/mol. The number of amides is 1. The van der Waals surface area contributed by atoms with Gasteiger partial charge in [-0.05, 0) is 31.6 Å². The van der Waals surface area contributed by atoms with Crippen LogP contribution in [0, 0.1) is 5.92 Å². The molecule has 1 aliphatic heterocycles. The van der Waals surface area contributed by atoms with E-state index in [1.165, 1.54) is 25.7 Å². The molecule has 0 aromatic rings. The van der Waals surface area contributed by atoms with Gasteiger partial charge < -0.3 is 10.6 Å². The Hall–Kier alpha value is -0.610. The molecule has 1 heterocycles. The van der Waals surface area contributed by atoms with Crippen LogP contribution in [0.2, 0.25) is 0 Å². The van der Waals surface area contributed by atoms with Gasteiger partial charge in [0.2, 0.25) is 5.91 Å². The van der Waals surface area contributed by atoms with Crippen molar-refractivity contribution in [1.82, 2.24) is 9.80 Å². The maximum absolute atomic E-state index is 11.8. The van der Waals surface area contributed by atoms with E-state index in [1.54, 1.807) is 0 Å². The van der Waals surface area contributed by atoms with Crippen molar-refractivity contribution in [3.8, 4) is 0 Å². The van der Waals surface area contributed by atoms with Crippen LogP contribution in [0.25, 0.3) is 0 Å². The highest BCUT2D eigenvalue weighted by Crippen LogP contribution is 2.27. The number of carbonyl (C=O) groups is 1. The van der Waals surface area contributed by atoms with E-state index >= 15 is 0 Å². The zero-order chi connectivity index (χ0) is 13.0. The van der Waals surface area contributed by atoms with Crippen molar-refractivity contribution >= 4 is 5.91 Å². The van der Waals surface area contributed by atoms with Crippen LogP contribution >= 0.6 is 0 Å². The fraction of sp³-hybridized carbons (Fsp3) is 0.929. The Morgan fingerprint density at radius 1 is 1.11 bits per heavy atom. The summed E-state index contributed by atoms with van der Waals surface area (Å²) in [7, 11) is 0. The summed E-state index contributed by atoms with van der Waals surface area (Å²) in [6, 6.07) is 0.771. The van der Waals surface area contributed by atoms with Gasteiger partial charge in [-0.15, -0.1) is 0 Å². The van der Waals surface area contributed by atoms with E-state index < -0.39 is 0 Å². The van der Waals surface area contributed by atoms with Gasteiger partial charge in [-0.2, -0.15) is 0 Å². The van der Waals surface area contributed by atoms with Crippen molar-refractivity contribution in [2.24, 2.45) is 11.7 Å². The summed E-state index contributed by atoms with van der Waals surface area (Å²) in [5.41, 5.74) is 5.44. The molecular weight excluding hydrogens is 226 g/mol. The van der Waals surface area contributed by atoms with Gasteiger partial charge in [-0.3, -0.25) is 9.69 Å². The van der Waals surface area contributed by atoms with Crippen LogP contribution < -0.4 is 5.73 Å². The van der Waals surface area contributed by atoms with E-state index in [2.05, 4.69) is 11.8 Å². The molecule has 0 atom stereocenters. The number of piperazine rings is 1. The average Bonchev–Trinajstić information content (AvgIpc) is 2.40. The lowest BCUT2D eigenvalue weighted by Crippen LogP contribution is -2.52. The monoisotopic (exact) mass is 253 g/mol. The van der Waals surface area contributed by atoms with Gasteiger partial charge in [0.25, 0.3) is 0 Å². The molecule has 1 saturated heterocycles. The molecule has 0 radical (unpaired) electrons. The summed E-state index contributed by atoms with van der Waals surface area (Å²) in [5.74, 6) is 1.14. The molecule has 0 bridgehead atoms. The van der Waals surface area contributed by atoms with Crippen LogP contribution in [0.1, 0.15) is 39.0 Å².